The minimum Gasteiger partial charge on any atom is -0.493 e. The van der Waals surface area contributed by atoms with Gasteiger partial charge in [-0.05, 0) is 41.8 Å². The Morgan fingerprint density at radius 2 is 2.07 bits per heavy atom. The van der Waals surface area contributed by atoms with Crippen LogP contribution in [0.1, 0.15) is 42.5 Å². The summed E-state index contributed by atoms with van der Waals surface area (Å²) in [5, 5.41) is 4.98. The largest absolute Gasteiger partial charge is 0.493 e. The van der Waals surface area contributed by atoms with Crippen LogP contribution in [-0.4, -0.2) is 19.6 Å². The molecule has 1 aromatic heterocycles. The van der Waals surface area contributed by atoms with Crippen molar-refractivity contribution in [2.24, 2.45) is 0 Å². The van der Waals surface area contributed by atoms with E-state index in [1.54, 1.807) is 24.5 Å². The molecule has 2 heterocycles. The fourth-order valence-electron chi connectivity index (χ4n) is 3.71. The van der Waals surface area contributed by atoms with Crippen molar-refractivity contribution in [3.8, 4) is 22.6 Å². The van der Waals surface area contributed by atoms with E-state index in [9.17, 15) is 9.18 Å². The first-order chi connectivity index (χ1) is 14.6. The Kier molecular flexibility index (Phi) is 6.04. The predicted molar refractivity (Wildman–Crippen MR) is 118 cm³/mol. The third kappa shape index (κ3) is 4.05. The zero-order valence-electron chi connectivity index (χ0n) is 17.0. The van der Waals surface area contributed by atoms with E-state index in [1.165, 1.54) is 12.1 Å². The average Bonchev–Trinajstić information content (AvgIpc) is 3.17. The van der Waals surface area contributed by atoms with Crippen molar-refractivity contribution in [3.05, 3.63) is 64.1 Å². The van der Waals surface area contributed by atoms with Gasteiger partial charge in [0.1, 0.15) is 5.82 Å². The number of unbranched alkanes of at least 4 members (excludes halogenated alkanes) is 1. The van der Waals surface area contributed by atoms with Gasteiger partial charge in [0.25, 0.3) is 0 Å². The Balaban J connectivity index is 1.69. The number of amides is 1. The summed E-state index contributed by atoms with van der Waals surface area (Å²) in [6.45, 7) is 2.76. The van der Waals surface area contributed by atoms with Gasteiger partial charge < -0.3 is 14.8 Å². The molecule has 4 rings (SSSR count). The topological polar surface area (TPSA) is 47.6 Å². The van der Waals surface area contributed by atoms with Gasteiger partial charge in [0.15, 0.2) is 11.5 Å². The van der Waals surface area contributed by atoms with Crippen LogP contribution in [0.15, 0.2) is 47.8 Å². The van der Waals surface area contributed by atoms with Crippen molar-refractivity contribution >= 4 is 22.9 Å². The van der Waals surface area contributed by atoms with E-state index in [-0.39, 0.29) is 17.6 Å². The molecule has 4 nitrogen and oxygen atoms in total. The summed E-state index contributed by atoms with van der Waals surface area (Å²) in [5.41, 5.74) is 3.37. The van der Waals surface area contributed by atoms with Crippen molar-refractivity contribution < 1.29 is 18.7 Å². The van der Waals surface area contributed by atoms with Crippen LogP contribution < -0.4 is 14.8 Å². The predicted octanol–water partition coefficient (Wildman–Crippen LogP) is 6.22. The van der Waals surface area contributed by atoms with E-state index >= 15 is 0 Å². The van der Waals surface area contributed by atoms with Gasteiger partial charge in [0, 0.05) is 28.2 Å². The Hall–Kier alpha value is -2.86. The standard InChI is InChI=1S/C24H24FNO3S/c1-3-4-10-29-20-9-8-16(12-21(20)28-2)18-13-22(27)26-23-19(14-30-24(18)23)15-6-5-7-17(25)11-15/h5-9,11-12,14,18H,3-4,10,13H2,1-2H3,(H,26,27). The zero-order valence-corrected chi connectivity index (χ0v) is 17.9. The summed E-state index contributed by atoms with van der Waals surface area (Å²) in [7, 11) is 1.62. The molecule has 0 saturated heterocycles. The van der Waals surface area contributed by atoms with Crippen LogP contribution in [-0.2, 0) is 4.79 Å². The Morgan fingerprint density at radius 1 is 1.20 bits per heavy atom. The molecule has 1 atom stereocenters. The van der Waals surface area contributed by atoms with Gasteiger partial charge in [-0.25, -0.2) is 4.39 Å². The van der Waals surface area contributed by atoms with Crippen molar-refractivity contribution in [2.75, 3.05) is 19.0 Å². The summed E-state index contributed by atoms with van der Waals surface area (Å²) in [5.74, 6) is 0.944. The maximum atomic E-state index is 13.7. The Labute approximate surface area is 179 Å². The van der Waals surface area contributed by atoms with E-state index in [0.29, 0.717) is 24.5 Å². The minimum atomic E-state index is -0.297. The van der Waals surface area contributed by atoms with Gasteiger partial charge in [0.05, 0.1) is 19.4 Å². The lowest BCUT2D eigenvalue weighted by atomic mass is 9.89. The number of halogens is 1. The molecule has 0 radical (unpaired) electrons. The highest BCUT2D eigenvalue weighted by molar-refractivity contribution is 7.11. The second kappa shape index (κ2) is 8.88. The first-order valence-electron chi connectivity index (χ1n) is 10.1. The maximum Gasteiger partial charge on any atom is 0.225 e. The first-order valence-corrected chi connectivity index (χ1v) is 11.0. The van der Waals surface area contributed by atoms with E-state index in [0.717, 1.165) is 40.1 Å². The highest BCUT2D eigenvalue weighted by Crippen LogP contribution is 2.47. The molecule has 0 aliphatic carbocycles. The molecule has 2 aromatic carbocycles. The Morgan fingerprint density at radius 3 is 2.83 bits per heavy atom. The summed E-state index contributed by atoms with van der Waals surface area (Å²) in [6.07, 6.45) is 2.40. The van der Waals surface area contributed by atoms with Crippen molar-refractivity contribution in [1.29, 1.82) is 0 Å². The number of nitrogens with one attached hydrogen (secondary N) is 1. The molecule has 156 valence electrons. The van der Waals surface area contributed by atoms with Gasteiger partial charge in [-0.3, -0.25) is 4.79 Å². The Bertz CT molecular complexity index is 1060. The van der Waals surface area contributed by atoms with Gasteiger partial charge >= 0.3 is 0 Å². The number of ether oxygens (including phenoxy) is 2. The van der Waals surface area contributed by atoms with Crippen LogP contribution in [0.25, 0.3) is 11.1 Å². The van der Waals surface area contributed by atoms with Crippen LogP contribution in [0, 0.1) is 5.82 Å². The van der Waals surface area contributed by atoms with Crippen LogP contribution in [0.4, 0.5) is 10.1 Å². The smallest absolute Gasteiger partial charge is 0.225 e. The number of methoxy groups -OCH3 is 1. The monoisotopic (exact) mass is 425 g/mol. The number of carbonyl (C=O) groups is 1. The molecule has 1 unspecified atom stereocenters. The second-order valence-corrected chi connectivity index (χ2v) is 8.23. The molecular weight excluding hydrogens is 401 g/mol. The third-order valence-electron chi connectivity index (χ3n) is 5.27. The molecule has 30 heavy (non-hydrogen) atoms. The summed E-state index contributed by atoms with van der Waals surface area (Å²) in [4.78, 5) is 13.6. The molecule has 0 saturated carbocycles. The van der Waals surface area contributed by atoms with Crippen molar-refractivity contribution in [2.45, 2.75) is 32.1 Å². The molecule has 1 aliphatic rings. The van der Waals surface area contributed by atoms with Crippen LogP contribution in [0.3, 0.4) is 0 Å². The summed E-state index contributed by atoms with van der Waals surface area (Å²) < 4.78 is 25.1. The molecule has 1 N–H and O–H groups in total. The molecule has 1 amide bonds. The normalized spacial score (nSPS) is 15.4. The highest BCUT2D eigenvalue weighted by atomic mass is 32.1. The lowest BCUT2D eigenvalue weighted by molar-refractivity contribution is -0.116. The molecule has 0 spiro atoms. The van der Waals surface area contributed by atoms with E-state index < -0.39 is 0 Å². The van der Waals surface area contributed by atoms with E-state index in [2.05, 4.69) is 12.2 Å². The summed E-state index contributed by atoms with van der Waals surface area (Å²) in [6, 6.07) is 12.3. The molecular formula is C24H24FNO3S. The summed E-state index contributed by atoms with van der Waals surface area (Å²) >= 11 is 1.58. The quantitative estimate of drug-likeness (QED) is 0.458. The molecule has 0 bridgehead atoms. The number of carbonyl (C=O) groups excluding carboxylic acids is 1. The van der Waals surface area contributed by atoms with Crippen LogP contribution >= 0.6 is 11.3 Å². The number of benzene rings is 2. The fourth-order valence-corrected chi connectivity index (χ4v) is 4.87. The molecule has 3 aromatic rings. The number of thiophene rings is 1. The van der Waals surface area contributed by atoms with Gasteiger partial charge in [-0.15, -0.1) is 11.3 Å². The molecule has 6 heteroatoms. The second-order valence-electron chi connectivity index (χ2n) is 7.32. The van der Waals surface area contributed by atoms with Gasteiger partial charge in [-0.1, -0.05) is 31.5 Å². The molecule has 1 aliphatic heterocycles. The SMILES string of the molecule is CCCCOc1ccc(C2CC(=O)Nc3c(-c4cccc(F)c4)csc32)cc1OC. The minimum absolute atomic E-state index is 0.0502. The van der Waals surface area contributed by atoms with E-state index in [4.69, 9.17) is 9.47 Å². The van der Waals surface area contributed by atoms with Crippen molar-refractivity contribution in [1.82, 2.24) is 0 Å². The maximum absolute atomic E-state index is 13.7. The highest BCUT2D eigenvalue weighted by Gasteiger charge is 2.31. The van der Waals surface area contributed by atoms with Gasteiger partial charge in [0.2, 0.25) is 5.91 Å². The number of fused-ring (bicyclic) bond motifs is 1. The number of anilines is 1. The fraction of sp³-hybridized carbons (Fsp3) is 0.292. The van der Waals surface area contributed by atoms with Crippen LogP contribution in [0.2, 0.25) is 0 Å². The number of hydrogen-bond donors (Lipinski definition) is 1. The lowest BCUT2D eigenvalue weighted by Crippen LogP contribution is -2.22. The average molecular weight is 426 g/mol. The zero-order chi connectivity index (χ0) is 21.1. The third-order valence-corrected chi connectivity index (χ3v) is 6.37. The van der Waals surface area contributed by atoms with Crippen molar-refractivity contribution in [3.63, 3.8) is 0 Å². The first kappa shape index (κ1) is 20.4. The number of rotatable bonds is 7. The lowest BCUT2D eigenvalue weighted by Gasteiger charge is -2.24. The molecule has 0 fully saturated rings. The van der Waals surface area contributed by atoms with E-state index in [1.807, 2.05) is 29.6 Å². The number of hydrogen-bond acceptors (Lipinski definition) is 4. The van der Waals surface area contributed by atoms with Gasteiger partial charge in [-0.2, -0.15) is 0 Å². The van der Waals surface area contributed by atoms with Crippen LogP contribution in [0.5, 0.6) is 11.5 Å².